The van der Waals surface area contributed by atoms with Crippen molar-refractivity contribution in [1.82, 2.24) is 0 Å². The first kappa shape index (κ1) is 21.9. The Kier molecular flexibility index (Phi) is 10.6. The smallest absolute Gasteiger partial charge is 0.306 e. The molecule has 1 atom stereocenters. The number of esters is 1. The molecule has 0 bridgehead atoms. The summed E-state index contributed by atoms with van der Waals surface area (Å²) in [6, 6.07) is 0. The SMILES string of the molecule is C=C(C)CC(C)(C)OC(=O)CCCC[C@]1(C)CCSS1.CC. The number of ether oxygens (including phenoxy) is 1. The summed E-state index contributed by atoms with van der Waals surface area (Å²) in [5, 5.41) is 0. The van der Waals surface area contributed by atoms with Crippen LogP contribution in [0.4, 0.5) is 0 Å². The third-order valence-corrected chi connectivity index (χ3v) is 6.79. The molecule has 0 saturated carbocycles. The Balaban J connectivity index is 0.00000211. The molecule has 0 unspecified atom stereocenters. The molecule has 0 aromatic carbocycles. The second kappa shape index (κ2) is 10.6. The lowest BCUT2D eigenvalue weighted by molar-refractivity contribution is -0.156. The van der Waals surface area contributed by atoms with E-state index in [-0.39, 0.29) is 5.97 Å². The number of carbonyl (C=O) groups excluding carboxylic acids is 1. The van der Waals surface area contributed by atoms with Crippen molar-refractivity contribution >= 4 is 27.6 Å². The number of carbonyl (C=O) groups is 1. The van der Waals surface area contributed by atoms with Crippen molar-refractivity contribution in [1.29, 1.82) is 0 Å². The summed E-state index contributed by atoms with van der Waals surface area (Å²) in [6.07, 6.45) is 5.80. The summed E-state index contributed by atoms with van der Waals surface area (Å²) in [7, 11) is 3.99. The topological polar surface area (TPSA) is 26.3 Å². The van der Waals surface area contributed by atoms with Gasteiger partial charge in [-0.2, -0.15) is 0 Å². The van der Waals surface area contributed by atoms with Crippen molar-refractivity contribution < 1.29 is 9.53 Å². The van der Waals surface area contributed by atoms with E-state index in [1.165, 1.54) is 18.6 Å². The highest BCUT2D eigenvalue weighted by Crippen LogP contribution is 2.49. The molecule has 4 heteroatoms. The van der Waals surface area contributed by atoms with Crippen LogP contribution in [0.25, 0.3) is 0 Å². The minimum absolute atomic E-state index is 0.0742. The van der Waals surface area contributed by atoms with Gasteiger partial charge in [0.05, 0.1) is 0 Å². The maximum absolute atomic E-state index is 11.9. The molecule has 1 rings (SSSR count). The van der Waals surface area contributed by atoms with Gasteiger partial charge in [-0.3, -0.25) is 4.79 Å². The Morgan fingerprint density at radius 1 is 1.32 bits per heavy atom. The van der Waals surface area contributed by atoms with Crippen molar-refractivity contribution in [2.75, 3.05) is 5.75 Å². The van der Waals surface area contributed by atoms with E-state index in [0.29, 0.717) is 11.2 Å². The van der Waals surface area contributed by atoms with Gasteiger partial charge in [0.2, 0.25) is 0 Å². The van der Waals surface area contributed by atoms with E-state index in [1.807, 2.05) is 56.2 Å². The summed E-state index contributed by atoms with van der Waals surface area (Å²) >= 11 is 0. The lowest BCUT2D eigenvalue weighted by Crippen LogP contribution is -2.28. The summed E-state index contributed by atoms with van der Waals surface area (Å²) in [4.78, 5) is 11.9. The molecule has 130 valence electrons. The Morgan fingerprint density at radius 2 is 1.95 bits per heavy atom. The van der Waals surface area contributed by atoms with Gasteiger partial charge in [-0.25, -0.2) is 0 Å². The minimum Gasteiger partial charge on any atom is -0.459 e. The van der Waals surface area contributed by atoms with Crippen LogP contribution in [0.2, 0.25) is 0 Å². The van der Waals surface area contributed by atoms with E-state index in [4.69, 9.17) is 4.74 Å². The fourth-order valence-electron chi connectivity index (χ4n) is 2.54. The molecule has 0 radical (unpaired) electrons. The van der Waals surface area contributed by atoms with Gasteiger partial charge in [-0.15, -0.1) is 0 Å². The molecule has 0 aromatic rings. The normalized spacial score (nSPS) is 21.0. The summed E-state index contributed by atoms with van der Waals surface area (Å²) in [6.45, 7) is 16.1. The van der Waals surface area contributed by atoms with E-state index in [2.05, 4.69) is 13.5 Å². The van der Waals surface area contributed by atoms with Crippen molar-refractivity contribution in [2.24, 2.45) is 0 Å². The van der Waals surface area contributed by atoms with Gasteiger partial charge in [0, 0.05) is 23.3 Å². The predicted octanol–water partition coefficient (Wildman–Crippen LogP) is 6.40. The van der Waals surface area contributed by atoms with E-state index in [0.717, 1.165) is 24.8 Å². The molecule has 1 aliphatic heterocycles. The Labute approximate surface area is 145 Å². The van der Waals surface area contributed by atoms with Crippen molar-refractivity contribution in [2.45, 2.75) is 90.4 Å². The lowest BCUT2D eigenvalue weighted by atomic mass is 9.99. The first-order valence-electron chi connectivity index (χ1n) is 8.39. The quantitative estimate of drug-likeness (QED) is 0.220. The zero-order valence-corrected chi connectivity index (χ0v) is 16.9. The molecule has 0 aliphatic carbocycles. The lowest BCUT2D eigenvalue weighted by Gasteiger charge is -2.25. The highest BCUT2D eigenvalue weighted by molar-refractivity contribution is 8.77. The molecular formula is C18H34O2S2. The summed E-state index contributed by atoms with van der Waals surface area (Å²) in [5.74, 6) is 1.19. The Morgan fingerprint density at radius 3 is 2.45 bits per heavy atom. The second-order valence-electron chi connectivity index (χ2n) is 6.68. The van der Waals surface area contributed by atoms with Gasteiger partial charge < -0.3 is 4.74 Å². The number of unbranched alkanes of at least 4 members (excludes halogenated alkanes) is 1. The molecule has 2 nitrogen and oxygen atoms in total. The number of hydrogen-bond donors (Lipinski definition) is 0. The van der Waals surface area contributed by atoms with Crippen LogP contribution in [0.3, 0.4) is 0 Å². The van der Waals surface area contributed by atoms with Gasteiger partial charge in [-0.1, -0.05) is 54.0 Å². The predicted molar refractivity (Wildman–Crippen MR) is 102 cm³/mol. The van der Waals surface area contributed by atoms with Crippen molar-refractivity contribution in [3.8, 4) is 0 Å². The fraction of sp³-hybridized carbons (Fsp3) is 0.833. The maximum Gasteiger partial charge on any atom is 0.306 e. The average Bonchev–Trinajstić information content (AvgIpc) is 2.82. The third-order valence-electron chi connectivity index (χ3n) is 3.43. The van der Waals surface area contributed by atoms with Crippen LogP contribution in [0.1, 0.15) is 80.1 Å². The Hall–Kier alpha value is -0.0900. The van der Waals surface area contributed by atoms with Crippen molar-refractivity contribution in [3.05, 3.63) is 12.2 Å². The van der Waals surface area contributed by atoms with Gasteiger partial charge in [0.25, 0.3) is 0 Å². The largest absolute Gasteiger partial charge is 0.459 e. The molecule has 1 aliphatic rings. The zero-order chi connectivity index (χ0) is 17.2. The molecule has 0 aromatic heterocycles. The maximum atomic E-state index is 11.9. The molecule has 22 heavy (non-hydrogen) atoms. The van der Waals surface area contributed by atoms with E-state index in [1.54, 1.807) is 0 Å². The molecule has 0 amide bonds. The highest BCUT2D eigenvalue weighted by atomic mass is 33.1. The van der Waals surface area contributed by atoms with E-state index in [9.17, 15) is 4.79 Å². The van der Waals surface area contributed by atoms with Crippen LogP contribution in [0.15, 0.2) is 12.2 Å². The zero-order valence-electron chi connectivity index (χ0n) is 15.3. The number of rotatable bonds is 8. The van der Waals surface area contributed by atoms with Crippen LogP contribution >= 0.6 is 21.6 Å². The van der Waals surface area contributed by atoms with Crippen LogP contribution in [-0.2, 0) is 9.53 Å². The standard InChI is InChI=1S/C16H28O2S2.C2H6/c1-13(2)12-15(3,4)18-14(17)8-6-7-9-16(5)10-11-19-20-16;1-2/h1,6-12H2,2-5H3;1-2H3/t16-;/m1./s1. The summed E-state index contributed by atoms with van der Waals surface area (Å²) < 4.78 is 5.96. The van der Waals surface area contributed by atoms with E-state index < -0.39 is 5.60 Å². The molecular weight excluding hydrogens is 312 g/mol. The van der Waals surface area contributed by atoms with Crippen LogP contribution in [-0.4, -0.2) is 22.1 Å². The molecule has 1 saturated heterocycles. The van der Waals surface area contributed by atoms with Gasteiger partial charge in [-0.05, 0) is 47.0 Å². The molecule has 0 spiro atoms. The fourth-order valence-corrected chi connectivity index (χ4v) is 5.84. The van der Waals surface area contributed by atoms with Crippen LogP contribution < -0.4 is 0 Å². The van der Waals surface area contributed by atoms with Crippen LogP contribution in [0.5, 0.6) is 0 Å². The van der Waals surface area contributed by atoms with E-state index >= 15 is 0 Å². The second-order valence-corrected chi connectivity index (χ2v) is 9.68. The average molecular weight is 347 g/mol. The monoisotopic (exact) mass is 346 g/mol. The minimum atomic E-state index is -0.424. The highest BCUT2D eigenvalue weighted by Gasteiger charge is 2.29. The Bertz CT molecular complexity index is 345. The first-order valence-corrected chi connectivity index (χ1v) is 10.7. The summed E-state index contributed by atoms with van der Waals surface area (Å²) in [5.41, 5.74) is 0.624. The van der Waals surface area contributed by atoms with Crippen molar-refractivity contribution in [3.63, 3.8) is 0 Å². The first-order chi connectivity index (χ1) is 10.2. The number of hydrogen-bond acceptors (Lipinski definition) is 4. The van der Waals surface area contributed by atoms with Gasteiger partial charge >= 0.3 is 5.97 Å². The van der Waals surface area contributed by atoms with Gasteiger partial charge in [0.15, 0.2) is 0 Å². The van der Waals surface area contributed by atoms with Gasteiger partial charge in [0.1, 0.15) is 5.60 Å². The third kappa shape index (κ3) is 9.83. The molecule has 0 N–H and O–H groups in total. The molecule has 1 fully saturated rings. The molecule has 1 heterocycles. The van der Waals surface area contributed by atoms with Crippen LogP contribution in [0, 0.1) is 0 Å².